The van der Waals surface area contributed by atoms with E-state index in [1.165, 1.54) is 0 Å². The van der Waals surface area contributed by atoms with Gasteiger partial charge in [-0.25, -0.2) is 4.98 Å². The number of hydrogen-bond donors (Lipinski definition) is 2. The Morgan fingerprint density at radius 1 is 1.22 bits per heavy atom. The standard InChI is InChI=1S/C13H16N4O/c1-2-9-18-11-5-3-10(4-6-11)16-12-7-8-15-13(14)17-12/h3-8H,2,9H2,1H3,(H3,14,15,16,17). The van der Waals surface area contributed by atoms with Crippen LogP contribution in [0.4, 0.5) is 17.5 Å². The molecule has 5 nitrogen and oxygen atoms in total. The fourth-order valence-electron chi connectivity index (χ4n) is 1.45. The van der Waals surface area contributed by atoms with Gasteiger partial charge in [0, 0.05) is 11.9 Å². The highest BCUT2D eigenvalue weighted by atomic mass is 16.5. The van der Waals surface area contributed by atoms with E-state index in [2.05, 4.69) is 22.2 Å². The molecular weight excluding hydrogens is 228 g/mol. The lowest BCUT2D eigenvalue weighted by Gasteiger charge is -2.07. The first-order valence-corrected chi connectivity index (χ1v) is 5.86. The summed E-state index contributed by atoms with van der Waals surface area (Å²) in [6.45, 7) is 2.81. The SMILES string of the molecule is CCCOc1ccc(Nc2ccnc(N)n2)cc1. The molecule has 0 amide bonds. The average molecular weight is 244 g/mol. The van der Waals surface area contributed by atoms with Gasteiger partial charge in [-0.05, 0) is 36.8 Å². The molecule has 0 aliphatic rings. The summed E-state index contributed by atoms with van der Waals surface area (Å²) in [5.41, 5.74) is 6.44. The summed E-state index contributed by atoms with van der Waals surface area (Å²) >= 11 is 0. The molecule has 2 rings (SSSR count). The molecule has 0 fully saturated rings. The van der Waals surface area contributed by atoms with Gasteiger partial charge < -0.3 is 15.8 Å². The molecule has 1 aromatic carbocycles. The normalized spacial score (nSPS) is 10.1. The Morgan fingerprint density at radius 2 is 2.00 bits per heavy atom. The summed E-state index contributed by atoms with van der Waals surface area (Å²) in [5.74, 6) is 1.79. The third kappa shape index (κ3) is 3.35. The van der Waals surface area contributed by atoms with E-state index in [1.807, 2.05) is 24.3 Å². The van der Waals surface area contributed by atoms with Gasteiger partial charge in [0.2, 0.25) is 5.95 Å². The summed E-state index contributed by atoms with van der Waals surface area (Å²) in [4.78, 5) is 7.90. The quantitative estimate of drug-likeness (QED) is 0.845. The number of ether oxygens (including phenoxy) is 1. The Kier molecular flexibility index (Phi) is 3.96. The molecule has 1 heterocycles. The Hall–Kier alpha value is -2.30. The van der Waals surface area contributed by atoms with Crippen molar-refractivity contribution in [2.24, 2.45) is 0 Å². The number of benzene rings is 1. The van der Waals surface area contributed by atoms with E-state index in [-0.39, 0.29) is 5.95 Å². The van der Waals surface area contributed by atoms with E-state index in [4.69, 9.17) is 10.5 Å². The number of anilines is 3. The van der Waals surface area contributed by atoms with Crippen molar-refractivity contribution in [1.29, 1.82) is 0 Å². The first-order chi connectivity index (χ1) is 8.78. The Labute approximate surface area is 106 Å². The van der Waals surface area contributed by atoms with Crippen LogP contribution in [0, 0.1) is 0 Å². The molecule has 2 aromatic rings. The predicted octanol–water partition coefficient (Wildman–Crippen LogP) is 2.59. The second-order valence-corrected chi connectivity index (χ2v) is 3.80. The van der Waals surface area contributed by atoms with Gasteiger partial charge in [-0.2, -0.15) is 4.98 Å². The smallest absolute Gasteiger partial charge is 0.221 e. The second kappa shape index (κ2) is 5.86. The lowest BCUT2D eigenvalue weighted by molar-refractivity contribution is 0.317. The third-order valence-electron chi connectivity index (χ3n) is 2.27. The number of hydrogen-bond acceptors (Lipinski definition) is 5. The van der Waals surface area contributed by atoms with Crippen molar-refractivity contribution in [3.8, 4) is 5.75 Å². The molecule has 0 aliphatic heterocycles. The fourth-order valence-corrected chi connectivity index (χ4v) is 1.45. The topological polar surface area (TPSA) is 73.1 Å². The van der Waals surface area contributed by atoms with Crippen LogP contribution in [0.25, 0.3) is 0 Å². The minimum Gasteiger partial charge on any atom is -0.494 e. The van der Waals surface area contributed by atoms with E-state index in [0.29, 0.717) is 5.82 Å². The van der Waals surface area contributed by atoms with Crippen LogP contribution in [-0.4, -0.2) is 16.6 Å². The van der Waals surface area contributed by atoms with Crippen molar-refractivity contribution in [1.82, 2.24) is 9.97 Å². The summed E-state index contributed by atoms with van der Waals surface area (Å²) in [6, 6.07) is 9.47. The monoisotopic (exact) mass is 244 g/mol. The van der Waals surface area contributed by atoms with Crippen LogP contribution in [0.2, 0.25) is 0 Å². The number of nitrogens with two attached hydrogens (primary N) is 1. The molecule has 0 saturated carbocycles. The molecule has 5 heteroatoms. The van der Waals surface area contributed by atoms with Crippen molar-refractivity contribution < 1.29 is 4.74 Å². The van der Waals surface area contributed by atoms with Crippen LogP contribution in [0.3, 0.4) is 0 Å². The van der Waals surface area contributed by atoms with E-state index in [1.54, 1.807) is 12.3 Å². The molecule has 0 aliphatic carbocycles. The summed E-state index contributed by atoms with van der Waals surface area (Å²) < 4.78 is 5.51. The zero-order valence-electron chi connectivity index (χ0n) is 10.3. The first kappa shape index (κ1) is 12.2. The van der Waals surface area contributed by atoms with Gasteiger partial charge in [-0.1, -0.05) is 6.92 Å². The van der Waals surface area contributed by atoms with Gasteiger partial charge >= 0.3 is 0 Å². The van der Waals surface area contributed by atoms with Crippen molar-refractivity contribution >= 4 is 17.5 Å². The maximum Gasteiger partial charge on any atom is 0.221 e. The van der Waals surface area contributed by atoms with Crippen molar-refractivity contribution in [3.05, 3.63) is 36.5 Å². The van der Waals surface area contributed by atoms with E-state index in [9.17, 15) is 0 Å². The van der Waals surface area contributed by atoms with E-state index in [0.717, 1.165) is 24.5 Å². The minimum absolute atomic E-state index is 0.253. The molecular formula is C13H16N4O. The van der Waals surface area contributed by atoms with Gasteiger partial charge in [-0.3, -0.25) is 0 Å². The molecule has 94 valence electrons. The number of nitrogens with zero attached hydrogens (tertiary/aromatic N) is 2. The summed E-state index contributed by atoms with van der Waals surface area (Å²) in [6.07, 6.45) is 2.61. The lowest BCUT2D eigenvalue weighted by Crippen LogP contribution is -1.99. The van der Waals surface area contributed by atoms with Crippen molar-refractivity contribution in [3.63, 3.8) is 0 Å². The molecule has 0 unspecified atom stereocenters. The fraction of sp³-hybridized carbons (Fsp3) is 0.231. The molecule has 18 heavy (non-hydrogen) atoms. The first-order valence-electron chi connectivity index (χ1n) is 5.86. The number of nitrogen functional groups attached to an aromatic ring is 1. The maximum absolute atomic E-state index is 5.51. The van der Waals surface area contributed by atoms with Crippen LogP contribution >= 0.6 is 0 Å². The average Bonchev–Trinajstić information content (AvgIpc) is 2.38. The van der Waals surface area contributed by atoms with Crippen LogP contribution in [0.15, 0.2) is 36.5 Å². The highest BCUT2D eigenvalue weighted by molar-refractivity contribution is 5.57. The molecule has 0 atom stereocenters. The molecule has 0 spiro atoms. The number of nitrogens with one attached hydrogen (secondary N) is 1. The third-order valence-corrected chi connectivity index (χ3v) is 2.27. The molecule has 1 aromatic heterocycles. The molecule has 0 saturated heterocycles. The Balaban J connectivity index is 2.02. The van der Waals surface area contributed by atoms with Gasteiger partial charge in [0.05, 0.1) is 6.61 Å². The largest absolute Gasteiger partial charge is 0.494 e. The lowest BCUT2D eigenvalue weighted by atomic mass is 10.3. The van der Waals surface area contributed by atoms with E-state index >= 15 is 0 Å². The van der Waals surface area contributed by atoms with Crippen molar-refractivity contribution in [2.45, 2.75) is 13.3 Å². The zero-order valence-corrected chi connectivity index (χ0v) is 10.3. The number of aromatic nitrogens is 2. The summed E-state index contributed by atoms with van der Waals surface area (Å²) in [7, 11) is 0. The summed E-state index contributed by atoms with van der Waals surface area (Å²) in [5, 5.41) is 3.14. The van der Waals surface area contributed by atoms with E-state index < -0.39 is 0 Å². The zero-order chi connectivity index (χ0) is 12.8. The van der Waals surface area contributed by atoms with Gasteiger partial charge in [0.15, 0.2) is 0 Å². The second-order valence-electron chi connectivity index (χ2n) is 3.80. The molecule has 3 N–H and O–H groups in total. The van der Waals surface area contributed by atoms with Crippen molar-refractivity contribution in [2.75, 3.05) is 17.7 Å². The Morgan fingerprint density at radius 3 is 2.67 bits per heavy atom. The highest BCUT2D eigenvalue weighted by Crippen LogP contribution is 2.19. The van der Waals surface area contributed by atoms with Crippen LogP contribution < -0.4 is 15.8 Å². The van der Waals surface area contributed by atoms with Crippen LogP contribution in [-0.2, 0) is 0 Å². The van der Waals surface area contributed by atoms with Gasteiger partial charge in [-0.15, -0.1) is 0 Å². The van der Waals surface area contributed by atoms with Crippen LogP contribution in [0.5, 0.6) is 5.75 Å². The van der Waals surface area contributed by atoms with Gasteiger partial charge in [0.1, 0.15) is 11.6 Å². The Bertz CT molecular complexity index is 499. The molecule has 0 bridgehead atoms. The molecule has 0 radical (unpaired) electrons. The van der Waals surface area contributed by atoms with Gasteiger partial charge in [0.25, 0.3) is 0 Å². The maximum atomic E-state index is 5.51. The highest BCUT2D eigenvalue weighted by Gasteiger charge is 1.98. The van der Waals surface area contributed by atoms with Crippen LogP contribution in [0.1, 0.15) is 13.3 Å². The minimum atomic E-state index is 0.253. The number of rotatable bonds is 5. The predicted molar refractivity (Wildman–Crippen MR) is 72.0 cm³/mol.